The Hall–Kier alpha value is -3.87. The van der Waals surface area contributed by atoms with Gasteiger partial charge in [0.25, 0.3) is 11.8 Å². The van der Waals surface area contributed by atoms with E-state index >= 15 is 0 Å². The lowest BCUT2D eigenvalue weighted by Crippen LogP contribution is -2.20. The van der Waals surface area contributed by atoms with Crippen LogP contribution >= 0.6 is 0 Å². The summed E-state index contributed by atoms with van der Waals surface area (Å²) in [6.45, 7) is 3.90. The molecule has 0 saturated carbocycles. The van der Waals surface area contributed by atoms with Crippen molar-refractivity contribution in [1.29, 1.82) is 0 Å². The van der Waals surface area contributed by atoms with E-state index in [1.807, 2.05) is 32.0 Å². The SMILES string of the molecule is Cc1ccc(OCC(=O)Nc2ccc(-c3nnc(-c4ccco4)o3)cc2)c(C)c1. The fourth-order valence-electron chi connectivity index (χ4n) is 2.84. The molecule has 7 nitrogen and oxygen atoms in total. The van der Waals surface area contributed by atoms with Gasteiger partial charge >= 0.3 is 0 Å². The van der Waals surface area contributed by atoms with Crippen LogP contribution in [0.5, 0.6) is 5.75 Å². The molecule has 0 saturated heterocycles. The number of amides is 1. The van der Waals surface area contributed by atoms with Gasteiger partial charge in [0.05, 0.1) is 6.26 Å². The number of furan rings is 1. The van der Waals surface area contributed by atoms with Gasteiger partial charge < -0.3 is 18.9 Å². The Labute approximate surface area is 167 Å². The van der Waals surface area contributed by atoms with Crippen LogP contribution in [0.1, 0.15) is 11.1 Å². The normalized spacial score (nSPS) is 10.7. The number of carbonyl (C=O) groups excluding carboxylic acids is 1. The third kappa shape index (κ3) is 4.35. The predicted octanol–water partition coefficient (Wildman–Crippen LogP) is 4.63. The van der Waals surface area contributed by atoms with Gasteiger partial charge in [0.15, 0.2) is 12.4 Å². The number of ether oxygens (including phenoxy) is 1. The Morgan fingerprint density at radius 1 is 1.03 bits per heavy atom. The van der Waals surface area contributed by atoms with Gasteiger partial charge in [0.2, 0.25) is 5.89 Å². The number of nitrogens with zero attached hydrogens (tertiary/aromatic N) is 2. The first-order valence-corrected chi connectivity index (χ1v) is 9.06. The van der Waals surface area contributed by atoms with Crippen LogP contribution in [0.4, 0.5) is 5.69 Å². The van der Waals surface area contributed by atoms with Gasteiger partial charge in [-0.2, -0.15) is 0 Å². The van der Waals surface area contributed by atoms with Crippen LogP contribution in [-0.4, -0.2) is 22.7 Å². The molecule has 0 aliphatic carbocycles. The highest BCUT2D eigenvalue weighted by molar-refractivity contribution is 5.92. The summed E-state index contributed by atoms with van der Waals surface area (Å²) in [6.07, 6.45) is 1.54. The van der Waals surface area contributed by atoms with Crippen molar-refractivity contribution < 1.29 is 18.4 Å². The molecular formula is C22H19N3O4. The average Bonchev–Trinajstić information content (AvgIpc) is 3.40. The summed E-state index contributed by atoms with van der Waals surface area (Å²) in [5.41, 5.74) is 3.53. The number of hydrogen-bond donors (Lipinski definition) is 1. The number of aryl methyl sites for hydroxylation is 2. The molecule has 0 spiro atoms. The van der Waals surface area contributed by atoms with Crippen molar-refractivity contribution in [3.63, 3.8) is 0 Å². The van der Waals surface area contributed by atoms with Crippen LogP contribution in [0.3, 0.4) is 0 Å². The van der Waals surface area contributed by atoms with Crippen molar-refractivity contribution in [3.05, 3.63) is 72.0 Å². The summed E-state index contributed by atoms with van der Waals surface area (Å²) in [6, 6.07) is 16.4. The maximum atomic E-state index is 12.2. The van der Waals surface area contributed by atoms with Crippen LogP contribution < -0.4 is 10.1 Å². The Bertz CT molecular complexity index is 1120. The second kappa shape index (κ2) is 8.02. The molecule has 0 radical (unpaired) electrons. The molecule has 4 rings (SSSR count). The van der Waals surface area contributed by atoms with E-state index in [0.717, 1.165) is 16.7 Å². The number of anilines is 1. The average molecular weight is 389 g/mol. The zero-order valence-corrected chi connectivity index (χ0v) is 16.0. The van der Waals surface area contributed by atoms with Crippen LogP contribution in [-0.2, 0) is 4.79 Å². The minimum Gasteiger partial charge on any atom is -0.483 e. The first-order valence-electron chi connectivity index (χ1n) is 9.06. The summed E-state index contributed by atoms with van der Waals surface area (Å²) in [7, 11) is 0. The molecule has 0 bridgehead atoms. The number of benzene rings is 2. The van der Waals surface area contributed by atoms with Gasteiger partial charge in [0, 0.05) is 11.3 Å². The van der Waals surface area contributed by atoms with Crippen molar-refractivity contribution in [2.75, 3.05) is 11.9 Å². The first-order chi connectivity index (χ1) is 14.1. The van der Waals surface area contributed by atoms with E-state index in [1.165, 1.54) is 0 Å². The van der Waals surface area contributed by atoms with E-state index < -0.39 is 0 Å². The molecule has 7 heteroatoms. The number of aromatic nitrogens is 2. The van der Waals surface area contributed by atoms with Gasteiger partial charge in [-0.3, -0.25) is 4.79 Å². The summed E-state index contributed by atoms with van der Waals surface area (Å²) in [4.78, 5) is 12.2. The molecule has 0 aliphatic rings. The molecule has 29 heavy (non-hydrogen) atoms. The van der Waals surface area contributed by atoms with Crippen molar-refractivity contribution in [1.82, 2.24) is 10.2 Å². The zero-order valence-electron chi connectivity index (χ0n) is 16.0. The van der Waals surface area contributed by atoms with E-state index in [0.29, 0.717) is 29.0 Å². The molecule has 1 amide bonds. The summed E-state index contributed by atoms with van der Waals surface area (Å²) in [5.74, 6) is 1.65. The molecule has 2 aromatic heterocycles. The van der Waals surface area contributed by atoms with Crippen molar-refractivity contribution in [3.8, 4) is 28.9 Å². The molecule has 2 heterocycles. The van der Waals surface area contributed by atoms with E-state index in [-0.39, 0.29) is 12.5 Å². The van der Waals surface area contributed by atoms with Gasteiger partial charge in [-0.1, -0.05) is 17.7 Å². The Balaban J connectivity index is 1.36. The van der Waals surface area contributed by atoms with E-state index in [2.05, 4.69) is 15.5 Å². The summed E-state index contributed by atoms with van der Waals surface area (Å²) < 4.78 is 16.5. The number of rotatable bonds is 6. The van der Waals surface area contributed by atoms with Crippen molar-refractivity contribution in [2.45, 2.75) is 13.8 Å². The zero-order chi connectivity index (χ0) is 20.2. The lowest BCUT2D eigenvalue weighted by molar-refractivity contribution is -0.118. The highest BCUT2D eigenvalue weighted by Gasteiger charge is 2.13. The quantitative estimate of drug-likeness (QED) is 0.517. The van der Waals surface area contributed by atoms with Crippen LogP contribution in [0.15, 0.2) is 69.7 Å². The minimum absolute atomic E-state index is 0.0676. The van der Waals surface area contributed by atoms with E-state index in [4.69, 9.17) is 13.6 Å². The largest absolute Gasteiger partial charge is 0.483 e. The molecule has 0 aliphatic heterocycles. The van der Waals surface area contributed by atoms with E-state index in [9.17, 15) is 4.79 Å². The topological polar surface area (TPSA) is 90.4 Å². The summed E-state index contributed by atoms with van der Waals surface area (Å²) in [5, 5.41) is 10.8. The van der Waals surface area contributed by atoms with Gasteiger partial charge in [-0.05, 0) is 61.9 Å². The third-order valence-corrected chi connectivity index (χ3v) is 4.26. The Kier molecular flexibility index (Phi) is 5.11. The lowest BCUT2D eigenvalue weighted by atomic mass is 10.1. The highest BCUT2D eigenvalue weighted by Crippen LogP contribution is 2.25. The fraction of sp³-hybridized carbons (Fsp3) is 0.136. The molecule has 0 fully saturated rings. The molecule has 4 aromatic rings. The first kappa shape index (κ1) is 18.5. The lowest BCUT2D eigenvalue weighted by Gasteiger charge is -2.10. The van der Waals surface area contributed by atoms with Crippen molar-refractivity contribution >= 4 is 11.6 Å². The fourth-order valence-corrected chi connectivity index (χ4v) is 2.84. The predicted molar refractivity (Wildman–Crippen MR) is 107 cm³/mol. The second-order valence-corrected chi connectivity index (χ2v) is 6.57. The van der Waals surface area contributed by atoms with Crippen LogP contribution in [0.25, 0.3) is 23.1 Å². The molecule has 146 valence electrons. The van der Waals surface area contributed by atoms with Gasteiger partial charge in [-0.15, -0.1) is 10.2 Å². The molecule has 2 aromatic carbocycles. The minimum atomic E-state index is -0.240. The maximum Gasteiger partial charge on any atom is 0.283 e. The summed E-state index contributed by atoms with van der Waals surface area (Å²) >= 11 is 0. The number of carbonyl (C=O) groups is 1. The number of nitrogens with one attached hydrogen (secondary N) is 1. The number of hydrogen-bond acceptors (Lipinski definition) is 6. The Morgan fingerprint density at radius 3 is 2.55 bits per heavy atom. The van der Waals surface area contributed by atoms with E-state index in [1.54, 1.807) is 42.7 Å². The molecule has 0 unspecified atom stereocenters. The van der Waals surface area contributed by atoms with Crippen LogP contribution in [0, 0.1) is 13.8 Å². The molecule has 0 atom stereocenters. The molecular weight excluding hydrogens is 370 g/mol. The van der Waals surface area contributed by atoms with Crippen molar-refractivity contribution in [2.24, 2.45) is 0 Å². The Morgan fingerprint density at radius 2 is 1.83 bits per heavy atom. The standard InChI is InChI=1S/C22H19N3O4/c1-14-5-10-18(15(2)12-14)28-13-20(26)23-17-8-6-16(7-9-17)21-24-25-22(29-21)19-4-3-11-27-19/h3-12H,13H2,1-2H3,(H,23,26). The monoisotopic (exact) mass is 389 g/mol. The highest BCUT2D eigenvalue weighted by atomic mass is 16.5. The second-order valence-electron chi connectivity index (χ2n) is 6.57. The maximum absolute atomic E-state index is 12.2. The molecule has 1 N–H and O–H groups in total. The van der Waals surface area contributed by atoms with Gasteiger partial charge in [-0.25, -0.2) is 0 Å². The smallest absolute Gasteiger partial charge is 0.283 e. The van der Waals surface area contributed by atoms with Crippen LogP contribution in [0.2, 0.25) is 0 Å². The van der Waals surface area contributed by atoms with Gasteiger partial charge in [0.1, 0.15) is 5.75 Å². The third-order valence-electron chi connectivity index (χ3n) is 4.26.